The van der Waals surface area contributed by atoms with E-state index in [0.717, 1.165) is 28.7 Å². The Morgan fingerprint density at radius 3 is 2.35 bits per heavy atom. The minimum Gasteiger partial charge on any atom is -0.487 e. The molecule has 6 nitrogen and oxygen atoms in total. The number of benzene rings is 2. The van der Waals surface area contributed by atoms with E-state index in [1.54, 1.807) is 12.1 Å². The van der Waals surface area contributed by atoms with Gasteiger partial charge in [-0.1, -0.05) is 36.8 Å². The fourth-order valence-corrected chi connectivity index (χ4v) is 5.32. The van der Waals surface area contributed by atoms with E-state index in [4.69, 9.17) is 4.74 Å². The second-order valence-electron chi connectivity index (χ2n) is 8.99. The molecule has 0 saturated heterocycles. The summed E-state index contributed by atoms with van der Waals surface area (Å²) in [6.45, 7) is 9.73. The Bertz CT molecular complexity index is 1060. The number of rotatable bonds is 6. The van der Waals surface area contributed by atoms with E-state index in [9.17, 15) is 13.2 Å². The van der Waals surface area contributed by atoms with Gasteiger partial charge in [0.15, 0.2) is 0 Å². The van der Waals surface area contributed by atoms with Crippen LogP contribution in [0.2, 0.25) is 0 Å². The van der Waals surface area contributed by atoms with E-state index in [1.807, 2.05) is 65.0 Å². The molecule has 168 valence electrons. The average Bonchev–Trinajstić information content (AvgIpc) is 2.64. The summed E-state index contributed by atoms with van der Waals surface area (Å²) >= 11 is 0. The van der Waals surface area contributed by atoms with Crippen LogP contribution in [-0.2, 0) is 14.8 Å². The van der Waals surface area contributed by atoms with Crippen molar-refractivity contribution in [2.45, 2.75) is 65.1 Å². The second-order valence-corrected chi connectivity index (χ2v) is 10.8. The molecule has 2 aromatic carbocycles. The molecule has 7 heteroatoms. The van der Waals surface area contributed by atoms with Crippen molar-refractivity contribution < 1.29 is 17.9 Å². The molecule has 1 amide bonds. The van der Waals surface area contributed by atoms with Gasteiger partial charge in [0.05, 0.1) is 18.0 Å². The highest BCUT2D eigenvalue weighted by molar-refractivity contribution is 7.92. The van der Waals surface area contributed by atoms with Gasteiger partial charge >= 0.3 is 0 Å². The number of nitrogens with zero attached hydrogens (tertiary/aromatic N) is 1. The van der Waals surface area contributed by atoms with Crippen LogP contribution in [0.5, 0.6) is 5.75 Å². The van der Waals surface area contributed by atoms with Gasteiger partial charge in [0.2, 0.25) is 15.9 Å². The number of hydrogen-bond acceptors (Lipinski definition) is 4. The molecule has 1 aliphatic rings. The summed E-state index contributed by atoms with van der Waals surface area (Å²) in [5, 5.41) is 3.11. The molecule has 0 unspecified atom stereocenters. The highest BCUT2D eigenvalue weighted by atomic mass is 32.2. The van der Waals surface area contributed by atoms with E-state index in [-0.39, 0.29) is 11.9 Å². The maximum atomic E-state index is 13.4. The van der Waals surface area contributed by atoms with Crippen LogP contribution in [-0.4, -0.2) is 32.2 Å². The molecule has 0 aromatic heterocycles. The van der Waals surface area contributed by atoms with Gasteiger partial charge in [0.1, 0.15) is 17.4 Å². The number of carbonyl (C=O) groups is 1. The molecular weight excluding hydrogens is 412 g/mol. The first-order valence-corrected chi connectivity index (χ1v) is 12.4. The first-order valence-electron chi connectivity index (χ1n) is 10.6. The molecule has 0 bridgehead atoms. The zero-order chi connectivity index (χ0) is 23.0. The zero-order valence-corrected chi connectivity index (χ0v) is 19.9. The van der Waals surface area contributed by atoms with Crippen LogP contribution < -0.4 is 14.4 Å². The summed E-state index contributed by atoms with van der Waals surface area (Å²) in [5.41, 5.74) is 3.04. The zero-order valence-electron chi connectivity index (χ0n) is 19.1. The topological polar surface area (TPSA) is 75.7 Å². The largest absolute Gasteiger partial charge is 0.487 e. The van der Waals surface area contributed by atoms with Gasteiger partial charge in [-0.05, 0) is 57.9 Å². The summed E-state index contributed by atoms with van der Waals surface area (Å²) in [6, 6.07) is 12.0. The summed E-state index contributed by atoms with van der Waals surface area (Å²) in [6.07, 6.45) is 2.08. The van der Waals surface area contributed by atoms with Gasteiger partial charge in [-0.2, -0.15) is 0 Å². The molecule has 1 aliphatic heterocycles. The van der Waals surface area contributed by atoms with Crippen molar-refractivity contribution in [3.63, 3.8) is 0 Å². The van der Waals surface area contributed by atoms with Crippen LogP contribution >= 0.6 is 0 Å². The molecule has 0 aliphatic carbocycles. The van der Waals surface area contributed by atoms with Crippen LogP contribution in [0.3, 0.4) is 0 Å². The lowest BCUT2D eigenvalue weighted by atomic mass is 9.89. The number of ether oxygens (including phenoxy) is 1. The van der Waals surface area contributed by atoms with Gasteiger partial charge in [-0.15, -0.1) is 0 Å². The smallest absolute Gasteiger partial charge is 0.244 e. The highest BCUT2D eigenvalue weighted by Gasteiger charge is 2.37. The number of amides is 1. The Labute approximate surface area is 185 Å². The van der Waals surface area contributed by atoms with Crippen LogP contribution in [0.1, 0.15) is 56.3 Å². The van der Waals surface area contributed by atoms with Crippen molar-refractivity contribution in [2.24, 2.45) is 0 Å². The molecule has 1 heterocycles. The Morgan fingerprint density at radius 1 is 1.16 bits per heavy atom. The Hall–Kier alpha value is -2.54. The van der Waals surface area contributed by atoms with Crippen molar-refractivity contribution in [3.8, 4) is 5.75 Å². The molecule has 0 saturated carbocycles. The molecule has 31 heavy (non-hydrogen) atoms. The van der Waals surface area contributed by atoms with Gasteiger partial charge < -0.3 is 10.1 Å². The molecule has 0 radical (unpaired) electrons. The molecule has 0 spiro atoms. The predicted octanol–water partition coefficient (Wildman–Crippen LogP) is 4.27. The van der Waals surface area contributed by atoms with Gasteiger partial charge in [-0.25, -0.2) is 8.42 Å². The lowest BCUT2D eigenvalue weighted by Crippen LogP contribution is -2.51. The molecule has 3 rings (SSSR count). The summed E-state index contributed by atoms with van der Waals surface area (Å²) < 4.78 is 32.7. The van der Waals surface area contributed by atoms with Crippen molar-refractivity contribution in [1.29, 1.82) is 0 Å². The quantitative estimate of drug-likeness (QED) is 0.722. The van der Waals surface area contributed by atoms with E-state index < -0.39 is 21.7 Å². The standard InChI is InChI=1S/C24H32N2O4S/c1-7-21(26(31(6,28)29)18-11-8-16(2)9-12-18)23(27)25-20-15-24(4,5)30-22-14-17(3)10-13-19(20)22/h8-14,20-21H,7,15H2,1-6H3,(H,25,27)/t20-,21-/m0/s1. The second kappa shape index (κ2) is 8.54. The maximum Gasteiger partial charge on any atom is 0.244 e. The van der Waals surface area contributed by atoms with Crippen molar-refractivity contribution >= 4 is 21.6 Å². The van der Waals surface area contributed by atoms with Crippen LogP contribution in [0.25, 0.3) is 0 Å². The summed E-state index contributed by atoms with van der Waals surface area (Å²) in [5.74, 6) is 0.441. The number of anilines is 1. The average molecular weight is 445 g/mol. The summed E-state index contributed by atoms with van der Waals surface area (Å²) in [4.78, 5) is 13.4. The first-order chi connectivity index (χ1) is 14.4. The van der Waals surface area contributed by atoms with Crippen LogP contribution in [0.4, 0.5) is 5.69 Å². The number of aryl methyl sites for hydroxylation is 2. The Balaban J connectivity index is 1.94. The Kier molecular flexibility index (Phi) is 6.37. The van der Waals surface area contributed by atoms with Crippen LogP contribution in [0, 0.1) is 13.8 Å². The highest BCUT2D eigenvalue weighted by Crippen LogP contribution is 2.40. The molecular formula is C24H32N2O4S. The normalized spacial score (nSPS) is 18.5. The number of hydrogen-bond donors (Lipinski definition) is 1. The molecule has 1 N–H and O–H groups in total. The maximum absolute atomic E-state index is 13.4. The van der Waals surface area contributed by atoms with Gasteiger partial charge in [-0.3, -0.25) is 9.10 Å². The third kappa shape index (κ3) is 5.21. The lowest BCUT2D eigenvalue weighted by Gasteiger charge is -2.39. The van der Waals surface area contributed by atoms with Crippen LogP contribution in [0.15, 0.2) is 42.5 Å². The fourth-order valence-electron chi connectivity index (χ4n) is 4.11. The van der Waals surface area contributed by atoms with E-state index in [0.29, 0.717) is 18.5 Å². The number of nitrogens with one attached hydrogen (secondary N) is 1. The van der Waals surface area contributed by atoms with Crippen molar-refractivity contribution in [3.05, 3.63) is 59.2 Å². The Morgan fingerprint density at radius 2 is 1.77 bits per heavy atom. The van der Waals surface area contributed by atoms with Crippen molar-refractivity contribution in [1.82, 2.24) is 5.32 Å². The first kappa shape index (κ1) is 23.1. The monoisotopic (exact) mass is 444 g/mol. The van der Waals surface area contributed by atoms with Gasteiger partial charge in [0, 0.05) is 12.0 Å². The number of fused-ring (bicyclic) bond motifs is 1. The molecule has 2 aromatic rings. The third-order valence-corrected chi connectivity index (χ3v) is 6.74. The van der Waals surface area contributed by atoms with Crippen molar-refractivity contribution in [2.75, 3.05) is 10.6 Å². The van der Waals surface area contributed by atoms with E-state index >= 15 is 0 Å². The van der Waals surface area contributed by atoms with E-state index in [2.05, 4.69) is 5.32 Å². The van der Waals surface area contributed by atoms with Gasteiger partial charge in [0.25, 0.3) is 0 Å². The number of carbonyl (C=O) groups excluding carboxylic acids is 1. The minimum absolute atomic E-state index is 0.264. The SMILES string of the molecule is CC[C@@H](C(=O)N[C@H]1CC(C)(C)Oc2cc(C)ccc21)N(c1ccc(C)cc1)S(C)(=O)=O. The summed E-state index contributed by atoms with van der Waals surface area (Å²) in [7, 11) is -3.67. The lowest BCUT2D eigenvalue weighted by molar-refractivity contribution is -0.123. The molecule has 0 fully saturated rings. The number of sulfonamides is 1. The predicted molar refractivity (Wildman–Crippen MR) is 124 cm³/mol. The fraction of sp³-hybridized carbons (Fsp3) is 0.458. The minimum atomic E-state index is -3.67. The third-order valence-electron chi connectivity index (χ3n) is 5.56. The van der Waals surface area contributed by atoms with E-state index in [1.165, 1.54) is 4.31 Å². The molecule has 2 atom stereocenters.